The summed E-state index contributed by atoms with van der Waals surface area (Å²) in [5, 5.41) is 11.5. The lowest BCUT2D eigenvalue weighted by atomic mass is 10.1. The largest absolute Gasteiger partial charge is 0.396 e. The lowest BCUT2D eigenvalue weighted by molar-refractivity contribution is -0.125. The van der Waals surface area contributed by atoms with Gasteiger partial charge in [0.25, 0.3) is 0 Å². The van der Waals surface area contributed by atoms with E-state index in [-0.39, 0.29) is 24.3 Å². The minimum absolute atomic E-state index is 0.00898. The highest BCUT2D eigenvalue weighted by Crippen LogP contribution is 2.00. The fourth-order valence-corrected chi connectivity index (χ4v) is 0.943. The average molecular weight is 188 g/mol. The van der Waals surface area contributed by atoms with E-state index in [1.54, 1.807) is 0 Å². The summed E-state index contributed by atoms with van der Waals surface area (Å²) >= 11 is 0. The van der Waals surface area contributed by atoms with Crippen molar-refractivity contribution in [3.63, 3.8) is 0 Å². The number of carbonyl (C=O) groups is 1. The second-order valence-electron chi connectivity index (χ2n) is 3.37. The van der Waals surface area contributed by atoms with E-state index in [1.807, 2.05) is 13.8 Å². The van der Waals surface area contributed by atoms with Crippen molar-refractivity contribution in [2.45, 2.75) is 20.3 Å². The molecule has 1 amide bonds. The molecule has 0 saturated heterocycles. The molecule has 0 radical (unpaired) electrons. The van der Waals surface area contributed by atoms with Gasteiger partial charge in [0.1, 0.15) is 0 Å². The molecule has 4 heteroatoms. The lowest BCUT2D eigenvalue weighted by Crippen LogP contribution is -2.37. The van der Waals surface area contributed by atoms with Crippen LogP contribution >= 0.6 is 0 Å². The van der Waals surface area contributed by atoms with Crippen LogP contribution in [0.5, 0.6) is 0 Å². The third-order valence-electron chi connectivity index (χ3n) is 2.08. The van der Waals surface area contributed by atoms with Gasteiger partial charge in [-0.1, -0.05) is 13.8 Å². The standard InChI is InChI=1S/C9H20N2O2/c1-3-8(4-10)9(13)11-5-7(2)6-12/h7-8,12H,3-6,10H2,1-2H3,(H,11,13). The molecule has 2 atom stereocenters. The summed E-state index contributed by atoms with van der Waals surface area (Å²) in [6.07, 6.45) is 0.760. The van der Waals surface area contributed by atoms with Gasteiger partial charge in [-0.25, -0.2) is 0 Å². The van der Waals surface area contributed by atoms with Crippen molar-refractivity contribution >= 4 is 5.91 Å². The summed E-state index contributed by atoms with van der Waals surface area (Å²) < 4.78 is 0. The van der Waals surface area contributed by atoms with E-state index in [1.165, 1.54) is 0 Å². The van der Waals surface area contributed by atoms with Gasteiger partial charge in [-0.05, 0) is 12.3 Å². The Morgan fingerprint density at radius 3 is 2.62 bits per heavy atom. The molecule has 0 spiro atoms. The van der Waals surface area contributed by atoms with Crippen molar-refractivity contribution in [1.29, 1.82) is 0 Å². The number of aliphatic hydroxyl groups is 1. The first-order valence-corrected chi connectivity index (χ1v) is 4.74. The maximum absolute atomic E-state index is 11.4. The molecule has 0 rings (SSSR count). The molecule has 78 valence electrons. The summed E-state index contributed by atoms with van der Waals surface area (Å²) in [4.78, 5) is 11.4. The molecule has 0 fully saturated rings. The van der Waals surface area contributed by atoms with Crippen LogP contribution < -0.4 is 11.1 Å². The highest BCUT2D eigenvalue weighted by atomic mass is 16.3. The van der Waals surface area contributed by atoms with Crippen molar-refractivity contribution < 1.29 is 9.90 Å². The quantitative estimate of drug-likeness (QED) is 0.536. The van der Waals surface area contributed by atoms with Crippen LogP contribution in [0.4, 0.5) is 0 Å². The fraction of sp³-hybridized carbons (Fsp3) is 0.889. The van der Waals surface area contributed by atoms with Gasteiger partial charge < -0.3 is 16.2 Å². The van der Waals surface area contributed by atoms with Crippen LogP contribution in [-0.4, -0.2) is 30.7 Å². The molecule has 0 bridgehead atoms. The molecular formula is C9H20N2O2. The number of hydrogen-bond acceptors (Lipinski definition) is 3. The summed E-state index contributed by atoms with van der Waals surface area (Å²) in [6.45, 7) is 4.82. The van der Waals surface area contributed by atoms with Crippen LogP contribution in [-0.2, 0) is 4.79 Å². The Balaban J connectivity index is 3.72. The van der Waals surface area contributed by atoms with Crippen LogP contribution in [0.15, 0.2) is 0 Å². The molecule has 13 heavy (non-hydrogen) atoms. The zero-order chi connectivity index (χ0) is 10.3. The second-order valence-corrected chi connectivity index (χ2v) is 3.37. The predicted molar refractivity (Wildman–Crippen MR) is 52.1 cm³/mol. The zero-order valence-corrected chi connectivity index (χ0v) is 8.42. The van der Waals surface area contributed by atoms with Gasteiger partial charge in [-0.15, -0.1) is 0 Å². The van der Waals surface area contributed by atoms with Gasteiger partial charge in [0.15, 0.2) is 0 Å². The van der Waals surface area contributed by atoms with E-state index >= 15 is 0 Å². The molecule has 0 aliphatic heterocycles. The molecule has 0 heterocycles. The van der Waals surface area contributed by atoms with Gasteiger partial charge in [-0.3, -0.25) is 4.79 Å². The van der Waals surface area contributed by atoms with E-state index in [0.717, 1.165) is 6.42 Å². The van der Waals surface area contributed by atoms with Gasteiger partial charge in [0, 0.05) is 25.6 Å². The Kier molecular flexibility index (Phi) is 6.54. The highest BCUT2D eigenvalue weighted by molar-refractivity contribution is 5.78. The van der Waals surface area contributed by atoms with Crippen LogP contribution in [0.25, 0.3) is 0 Å². The van der Waals surface area contributed by atoms with Crippen molar-refractivity contribution in [3.8, 4) is 0 Å². The lowest BCUT2D eigenvalue weighted by Gasteiger charge is -2.14. The predicted octanol–water partition coefficient (Wildman–Crippen LogP) is -0.284. The molecule has 4 N–H and O–H groups in total. The zero-order valence-electron chi connectivity index (χ0n) is 8.42. The summed E-state index contributed by atoms with van der Waals surface area (Å²) in [7, 11) is 0. The molecule has 0 aromatic rings. The van der Waals surface area contributed by atoms with Crippen molar-refractivity contribution in [3.05, 3.63) is 0 Å². The molecule has 0 aromatic heterocycles. The Bertz CT molecular complexity index is 147. The minimum atomic E-state index is -0.0918. The summed E-state index contributed by atoms with van der Waals surface area (Å²) in [5.41, 5.74) is 5.41. The van der Waals surface area contributed by atoms with Crippen molar-refractivity contribution in [2.75, 3.05) is 19.7 Å². The molecule has 0 saturated carbocycles. The Morgan fingerprint density at radius 2 is 2.23 bits per heavy atom. The number of nitrogens with one attached hydrogen (secondary N) is 1. The normalized spacial score (nSPS) is 15.1. The minimum Gasteiger partial charge on any atom is -0.396 e. The smallest absolute Gasteiger partial charge is 0.224 e. The maximum atomic E-state index is 11.4. The summed E-state index contributed by atoms with van der Waals surface area (Å²) in [6, 6.07) is 0. The number of carbonyl (C=O) groups excluding carboxylic acids is 1. The molecule has 0 aliphatic carbocycles. The fourth-order valence-electron chi connectivity index (χ4n) is 0.943. The van der Waals surface area contributed by atoms with E-state index in [0.29, 0.717) is 13.1 Å². The second kappa shape index (κ2) is 6.86. The first kappa shape index (κ1) is 12.4. The third-order valence-corrected chi connectivity index (χ3v) is 2.08. The molecular weight excluding hydrogens is 168 g/mol. The first-order chi connectivity index (χ1) is 6.15. The topological polar surface area (TPSA) is 75.4 Å². The average Bonchev–Trinajstić information content (AvgIpc) is 2.16. The van der Waals surface area contributed by atoms with E-state index in [2.05, 4.69) is 5.32 Å². The maximum Gasteiger partial charge on any atom is 0.224 e. The van der Waals surface area contributed by atoms with Crippen LogP contribution in [0, 0.1) is 11.8 Å². The van der Waals surface area contributed by atoms with Gasteiger partial charge >= 0.3 is 0 Å². The van der Waals surface area contributed by atoms with Gasteiger partial charge in [0.2, 0.25) is 5.91 Å². The first-order valence-electron chi connectivity index (χ1n) is 4.74. The molecule has 4 nitrogen and oxygen atoms in total. The Morgan fingerprint density at radius 1 is 1.62 bits per heavy atom. The summed E-state index contributed by atoms with van der Waals surface area (Å²) in [5.74, 6) is 0.00965. The van der Waals surface area contributed by atoms with Gasteiger partial charge in [0.05, 0.1) is 0 Å². The number of rotatable bonds is 6. The molecule has 0 aliphatic rings. The number of hydrogen-bond donors (Lipinski definition) is 3. The third kappa shape index (κ3) is 4.85. The molecule has 0 aromatic carbocycles. The van der Waals surface area contributed by atoms with Crippen molar-refractivity contribution in [1.82, 2.24) is 5.32 Å². The van der Waals surface area contributed by atoms with Crippen LogP contribution in [0.2, 0.25) is 0 Å². The number of nitrogens with two attached hydrogens (primary N) is 1. The number of amides is 1. The van der Waals surface area contributed by atoms with Crippen LogP contribution in [0.1, 0.15) is 20.3 Å². The SMILES string of the molecule is CCC(CN)C(=O)NCC(C)CO. The van der Waals surface area contributed by atoms with Gasteiger partial charge in [-0.2, -0.15) is 0 Å². The van der Waals surface area contributed by atoms with E-state index < -0.39 is 0 Å². The molecule has 2 unspecified atom stereocenters. The Hall–Kier alpha value is -0.610. The number of aliphatic hydroxyl groups excluding tert-OH is 1. The Labute approximate surface area is 79.5 Å². The van der Waals surface area contributed by atoms with Crippen molar-refractivity contribution in [2.24, 2.45) is 17.6 Å². The van der Waals surface area contributed by atoms with Crippen LogP contribution in [0.3, 0.4) is 0 Å². The highest BCUT2D eigenvalue weighted by Gasteiger charge is 2.14. The van der Waals surface area contributed by atoms with E-state index in [4.69, 9.17) is 10.8 Å². The monoisotopic (exact) mass is 188 g/mol. The van der Waals surface area contributed by atoms with E-state index in [9.17, 15) is 4.79 Å².